The third kappa shape index (κ3) is 3.91. The van der Waals surface area contributed by atoms with Crippen LogP contribution in [0.15, 0.2) is 46.8 Å². The van der Waals surface area contributed by atoms with Gasteiger partial charge in [0.05, 0.1) is 5.75 Å². The third-order valence-corrected chi connectivity index (χ3v) is 6.78. The number of anilines is 3. The van der Waals surface area contributed by atoms with E-state index in [0.29, 0.717) is 5.75 Å². The first-order valence-corrected chi connectivity index (χ1v) is 11.0. The molecule has 1 N–H and O–H groups in total. The van der Waals surface area contributed by atoms with Crippen LogP contribution in [0.25, 0.3) is 0 Å². The second-order valence-electron chi connectivity index (χ2n) is 7.05. The predicted molar refractivity (Wildman–Crippen MR) is 117 cm³/mol. The Balaban J connectivity index is 1.39. The van der Waals surface area contributed by atoms with Gasteiger partial charge in [0, 0.05) is 17.4 Å². The summed E-state index contributed by atoms with van der Waals surface area (Å²) in [7, 11) is 0. The van der Waals surface area contributed by atoms with Crippen LogP contribution in [0.4, 0.5) is 16.5 Å². The van der Waals surface area contributed by atoms with Crippen molar-refractivity contribution < 1.29 is 4.79 Å². The zero-order valence-electron chi connectivity index (χ0n) is 16.1. The van der Waals surface area contributed by atoms with Gasteiger partial charge in [-0.1, -0.05) is 59.0 Å². The molecule has 3 aromatic rings. The number of hydrogen-bond donors (Lipinski definition) is 1. The Morgan fingerprint density at radius 2 is 2.07 bits per heavy atom. The molecule has 0 aliphatic carbocycles. The van der Waals surface area contributed by atoms with Crippen LogP contribution in [-0.2, 0) is 11.2 Å². The van der Waals surface area contributed by atoms with Crippen LogP contribution in [0.5, 0.6) is 0 Å². The van der Waals surface area contributed by atoms with Crippen LogP contribution < -0.4 is 10.2 Å². The monoisotopic (exact) mass is 410 g/mol. The lowest BCUT2D eigenvalue weighted by Gasteiger charge is -2.22. The largest absolute Gasteiger partial charge is 0.330 e. The highest BCUT2D eigenvalue weighted by Crippen LogP contribution is 2.34. The lowest BCUT2D eigenvalue weighted by molar-refractivity contribution is -0.116. The van der Waals surface area contributed by atoms with Gasteiger partial charge in [0.15, 0.2) is 4.34 Å². The van der Waals surface area contributed by atoms with Crippen LogP contribution in [0.2, 0.25) is 0 Å². The Labute approximate surface area is 173 Å². The predicted octanol–water partition coefficient (Wildman–Crippen LogP) is 4.97. The minimum absolute atomic E-state index is 0.113. The van der Waals surface area contributed by atoms with E-state index in [1.165, 1.54) is 39.8 Å². The molecule has 144 valence electrons. The first-order valence-electron chi connectivity index (χ1n) is 9.22. The maximum absolute atomic E-state index is 12.8. The van der Waals surface area contributed by atoms with E-state index in [4.69, 9.17) is 0 Å². The van der Waals surface area contributed by atoms with E-state index in [1.807, 2.05) is 23.1 Å². The molecule has 28 heavy (non-hydrogen) atoms. The molecule has 0 bridgehead atoms. The number of carbonyl (C=O) groups is 1. The van der Waals surface area contributed by atoms with Gasteiger partial charge in [-0.3, -0.25) is 4.79 Å². The van der Waals surface area contributed by atoms with Crippen molar-refractivity contribution in [3.05, 3.63) is 59.2 Å². The Kier molecular flexibility index (Phi) is 5.37. The molecule has 0 radical (unpaired) electrons. The highest BCUT2D eigenvalue weighted by atomic mass is 32.2. The topological polar surface area (TPSA) is 58.1 Å². The molecular weight excluding hydrogens is 388 g/mol. The van der Waals surface area contributed by atoms with Crippen molar-refractivity contribution in [1.82, 2.24) is 10.2 Å². The first kappa shape index (κ1) is 19.0. The number of rotatable bonds is 5. The molecule has 7 heteroatoms. The van der Waals surface area contributed by atoms with E-state index < -0.39 is 0 Å². The van der Waals surface area contributed by atoms with Crippen molar-refractivity contribution in [2.45, 2.75) is 37.6 Å². The Morgan fingerprint density at radius 3 is 2.89 bits per heavy atom. The molecule has 0 unspecified atom stereocenters. The normalized spacial score (nSPS) is 15.5. The van der Waals surface area contributed by atoms with Gasteiger partial charge in [0.2, 0.25) is 11.0 Å². The van der Waals surface area contributed by atoms with E-state index in [2.05, 4.69) is 60.6 Å². The number of thioether (sulfide) groups is 1. The fourth-order valence-electron chi connectivity index (χ4n) is 3.53. The van der Waals surface area contributed by atoms with E-state index >= 15 is 0 Å². The van der Waals surface area contributed by atoms with Gasteiger partial charge in [-0.2, -0.15) is 0 Å². The number of hydrogen-bond acceptors (Lipinski definition) is 6. The van der Waals surface area contributed by atoms with Gasteiger partial charge in [-0.05, 0) is 50.5 Å². The highest BCUT2D eigenvalue weighted by Gasteiger charge is 2.30. The van der Waals surface area contributed by atoms with Crippen LogP contribution >= 0.6 is 23.1 Å². The van der Waals surface area contributed by atoms with Gasteiger partial charge in [-0.25, -0.2) is 0 Å². The molecule has 0 saturated carbocycles. The summed E-state index contributed by atoms with van der Waals surface area (Å²) < 4.78 is 0.792. The number of aryl methyl sites for hydroxylation is 2. The van der Waals surface area contributed by atoms with Crippen molar-refractivity contribution in [2.75, 3.05) is 16.0 Å². The molecule has 1 aromatic heterocycles. The number of nitrogens with zero attached hydrogens (tertiary/aromatic N) is 3. The van der Waals surface area contributed by atoms with Gasteiger partial charge >= 0.3 is 0 Å². The Morgan fingerprint density at radius 1 is 1.25 bits per heavy atom. The number of carbonyl (C=O) groups excluding carboxylic acids is 1. The standard InChI is InChI=1S/C21H22N4OS2/c1-13-8-9-17(14(2)10-13)22-20-23-24-21(28-20)27-12-19(26)25-15(3)11-16-6-4-5-7-18(16)25/h4-10,15H,11-12H2,1-3H3,(H,22,23)/t15-/m1/s1. The van der Waals surface area contributed by atoms with Gasteiger partial charge in [-0.15, -0.1) is 10.2 Å². The maximum Gasteiger partial charge on any atom is 0.237 e. The minimum Gasteiger partial charge on any atom is -0.330 e. The number of aromatic nitrogens is 2. The summed E-state index contributed by atoms with van der Waals surface area (Å²) >= 11 is 2.91. The van der Waals surface area contributed by atoms with Crippen LogP contribution in [0, 0.1) is 13.8 Å². The van der Waals surface area contributed by atoms with Crippen molar-refractivity contribution in [1.29, 1.82) is 0 Å². The Bertz CT molecular complexity index is 1020. The second kappa shape index (κ2) is 7.93. The van der Waals surface area contributed by atoms with Crippen molar-refractivity contribution in [2.24, 2.45) is 0 Å². The summed E-state index contributed by atoms with van der Waals surface area (Å²) in [5, 5.41) is 12.5. The van der Waals surface area contributed by atoms with Gasteiger partial charge in [0.25, 0.3) is 0 Å². The summed E-state index contributed by atoms with van der Waals surface area (Å²) in [5.74, 6) is 0.471. The number of nitrogens with one attached hydrogen (secondary N) is 1. The summed E-state index contributed by atoms with van der Waals surface area (Å²) in [5.41, 5.74) is 5.70. The lowest BCUT2D eigenvalue weighted by Crippen LogP contribution is -2.36. The molecule has 1 aliphatic heterocycles. The summed E-state index contributed by atoms with van der Waals surface area (Å²) in [6.07, 6.45) is 0.912. The molecule has 0 saturated heterocycles. The molecule has 1 atom stereocenters. The second-order valence-corrected chi connectivity index (χ2v) is 9.25. The van der Waals surface area contributed by atoms with Gasteiger partial charge in [0.1, 0.15) is 0 Å². The number of fused-ring (bicyclic) bond motifs is 1. The quantitative estimate of drug-likeness (QED) is 0.602. The molecule has 0 spiro atoms. The summed E-state index contributed by atoms with van der Waals surface area (Å²) in [6.45, 7) is 6.24. The minimum atomic E-state index is 0.113. The van der Waals surface area contributed by atoms with Crippen molar-refractivity contribution in [3.8, 4) is 0 Å². The average molecular weight is 411 g/mol. The molecular formula is C21H22N4OS2. The Hall–Kier alpha value is -2.38. The molecule has 0 fully saturated rings. The van der Waals surface area contributed by atoms with Crippen LogP contribution in [-0.4, -0.2) is 27.9 Å². The fourth-order valence-corrected chi connectivity index (χ4v) is 5.15. The van der Waals surface area contributed by atoms with Crippen LogP contribution in [0.3, 0.4) is 0 Å². The average Bonchev–Trinajstić information content (AvgIpc) is 3.25. The van der Waals surface area contributed by atoms with E-state index in [0.717, 1.165) is 27.3 Å². The molecule has 4 rings (SSSR count). The molecule has 1 aliphatic rings. The summed E-state index contributed by atoms with van der Waals surface area (Å²) in [4.78, 5) is 14.7. The van der Waals surface area contributed by atoms with E-state index in [9.17, 15) is 4.79 Å². The number of amides is 1. The van der Waals surface area contributed by atoms with E-state index in [-0.39, 0.29) is 11.9 Å². The van der Waals surface area contributed by atoms with Gasteiger partial charge < -0.3 is 10.2 Å². The molecule has 2 heterocycles. The summed E-state index contributed by atoms with van der Waals surface area (Å²) in [6, 6.07) is 14.6. The third-order valence-electron chi connectivity index (χ3n) is 4.83. The van der Waals surface area contributed by atoms with Crippen LogP contribution in [0.1, 0.15) is 23.6 Å². The molecule has 1 amide bonds. The van der Waals surface area contributed by atoms with E-state index in [1.54, 1.807) is 0 Å². The maximum atomic E-state index is 12.8. The highest BCUT2D eigenvalue weighted by molar-refractivity contribution is 8.01. The number of para-hydroxylation sites is 1. The van der Waals surface area contributed by atoms with Crippen molar-refractivity contribution in [3.63, 3.8) is 0 Å². The zero-order chi connectivity index (χ0) is 19.7. The first-order chi connectivity index (χ1) is 13.5. The lowest BCUT2D eigenvalue weighted by atomic mass is 10.1. The molecule has 2 aromatic carbocycles. The smallest absolute Gasteiger partial charge is 0.237 e. The molecule has 5 nitrogen and oxygen atoms in total. The van der Waals surface area contributed by atoms with Crippen molar-refractivity contribution >= 4 is 45.5 Å². The SMILES string of the molecule is Cc1ccc(Nc2nnc(SCC(=O)N3c4ccccc4C[C@H]3C)s2)c(C)c1. The zero-order valence-corrected chi connectivity index (χ0v) is 17.7. The fraction of sp³-hybridized carbons (Fsp3) is 0.286. The number of benzene rings is 2.